The molecule has 28 heavy (non-hydrogen) atoms. The van der Waals surface area contributed by atoms with Crippen LogP contribution in [0.5, 0.6) is 0 Å². The molecule has 0 atom stereocenters. The highest BCUT2D eigenvalue weighted by Crippen LogP contribution is 2.32. The monoisotopic (exact) mass is 386 g/mol. The highest BCUT2D eigenvalue weighted by Gasteiger charge is 2.36. The summed E-state index contributed by atoms with van der Waals surface area (Å²) < 4.78 is 46.5. The highest BCUT2D eigenvalue weighted by atomic mass is 19.4. The number of hydrogen-bond acceptors (Lipinski definition) is 4. The van der Waals surface area contributed by atoms with Gasteiger partial charge in [-0.05, 0) is 30.3 Å². The Hall–Kier alpha value is -3.62. The zero-order valence-corrected chi connectivity index (χ0v) is 14.5. The second kappa shape index (κ2) is 6.52. The van der Waals surface area contributed by atoms with Gasteiger partial charge in [-0.1, -0.05) is 18.2 Å². The standard InChI is InChI=1S/C19H13F3N4O2/c1-25(12-6-3-2-4-7-12)18(27)14-11-17-23-13(15-8-5-9-28-15)10-16(19(20,21)22)26(17)24-14/h2-11H,1H3. The summed E-state index contributed by atoms with van der Waals surface area (Å²) in [6.07, 6.45) is -3.35. The Morgan fingerprint density at radius 2 is 1.86 bits per heavy atom. The summed E-state index contributed by atoms with van der Waals surface area (Å²) in [5.41, 5.74) is -0.720. The van der Waals surface area contributed by atoms with Gasteiger partial charge in [0.15, 0.2) is 22.8 Å². The quantitative estimate of drug-likeness (QED) is 0.527. The van der Waals surface area contributed by atoms with Crippen LogP contribution in [0.1, 0.15) is 16.2 Å². The van der Waals surface area contributed by atoms with E-state index in [0.29, 0.717) is 10.2 Å². The third kappa shape index (κ3) is 3.11. The van der Waals surface area contributed by atoms with Gasteiger partial charge in [0.05, 0.1) is 6.26 Å². The fourth-order valence-electron chi connectivity index (χ4n) is 2.77. The number of hydrogen-bond donors (Lipinski definition) is 0. The van der Waals surface area contributed by atoms with E-state index in [9.17, 15) is 18.0 Å². The van der Waals surface area contributed by atoms with Gasteiger partial charge in [-0.3, -0.25) is 4.79 Å². The number of halogens is 3. The van der Waals surface area contributed by atoms with Gasteiger partial charge >= 0.3 is 6.18 Å². The minimum atomic E-state index is -4.69. The van der Waals surface area contributed by atoms with Gasteiger partial charge in [-0.25, -0.2) is 9.50 Å². The van der Waals surface area contributed by atoms with Gasteiger partial charge in [-0.2, -0.15) is 18.3 Å². The summed E-state index contributed by atoms with van der Waals surface area (Å²) in [4.78, 5) is 18.2. The summed E-state index contributed by atoms with van der Waals surface area (Å²) in [6.45, 7) is 0. The molecule has 0 N–H and O–H groups in total. The van der Waals surface area contributed by atoms with Crippen LogP contribution in [-0.4, -0.2) is 27.6 Å². The molecule has 142 valence electrons. The van der Waals surface area contributed by atoms with E-state index in [-0.39, 0.29) is 22.8 Å². The molecular weight excluding hydrogens is 373 g/mol. The molecule has 0 fully saturated rings. The van der Waals surface area contributed by atoms with Crippen molar-refractivity contribution in [3.05, 3.63) is 72.2 Å². The average molecular weight is 386 g/mol. The summed E-state index contributed by atoms with van der Waals surface area (Å²) in [7, 11) is 1.52. The molecule has 0 radical (unpaired) electrons. The topological polar surface area (TPSA) is 63.6 Å². The van der Waals surface area contributed by atoms with E-state index >= 15 is 0 Å². The van der Waals surface area contributed by atoms with Crippen molar-refractivity contribution in [3.63, 3.8) is 0 Å². The van der Waals surface area contributed by atoms with Crippen LogP contribution < -0.4 is 4.90 Å². The number of benzene rings is 1. The fraction of sp³-hybridized carbons (Fsp3) is 0.105. The van der Waals surface area contributed by atoms with Crippen LogP contribution in [0.2, 0.25) is 0 Å². The van der Waals surface area contributed by atoms with Gasteiger partial charge < -0.3 is 9.32 Å². The number of nitrogens with zero attached hydrogens (tertiary/aromatic N) is 4. The van der Waals surface area contributed by atoms with E-state index < -0.39 is 17.8 Å². The first-order valence-electron chi connectivity index (χ1n) is 8.19. The number of amides is 1. The van der Waals surface area contributed by atoms with Crippen LogP contribution in [0.3, 0.4) is 0 Å². The molecule has 0 aliphatic carbocycles. The molecule has 9 heteroatoms. The van der Waals surface area contributed by atoms with Crippen LogP contribution in [0.4, 0.5) is 18.9 Å². The average Bonchev–Trinajstić information content (AvgIpc) is 3.35. The molecule has 1 aromatic carbocycles. The van der Waals surface area contributed by atoms with E-state index in [1.165, 1.54) is 30.3 Å². The minimum absolute atomic E-state index is 0.000128. The second-order valence-electron chi connectivity index (χ2n) is 6.00. The molecule has 6 nitrogen and oxygen atoms in total. The van der Waals surface area contributed by atoms with Crippen molar-refractivity contribution in [2.45, 2.75) is 6.18 Å². The maximum Gasteiger partial charge on any atom is 0.433 e. The largest absolute Gasteiger partial charge is 0.463 e. The van der Waals surface area contributed by atoms with Crippen LogP contribution in [0.25, 0.3) is 17.1 Å². The Morgan fingerprint density at radius 3 is 2.50 bits per heavy atom. The normalized spacial score (nSPS) is 11.7. The Labute approximate surface area is 156 Å². The third-order valence-electron chi connectivity index (χ3n) is 4.16. The van der Waals surface area contributed by atoms with Crippen molar-refractivity contribution in [3.8, 4) is 11.5 Å². The molecule has 3 heterocycles. The van der Waals surface area contributed by atoms with E-state index in [4.69, 9.17) is 4.42 Å². The van der Waals surface area contributed by atoms with Crippen molar-refractivity contribution in [2.75, 3.05) is 11.9 Å². The number of alkyl halides is 3. The number of rotatable bonds is 3. The number of furan rings is 1. The number of anilines is 1. The molecule has 0 unspecified atom stereocenters. The minimum Gasteiger partial charge on any atom is -0.463 e. The second-order valence-corrected chi connectivity index (χ2v) is 6.00. The predicted octanol–water partition coefficient (Wildman–Crippen LogP) is 4.28. The molecule has 0 aliphatic rings. The van der Waals surface area contributed by atoms with E-state index in [1.54, 1.807) is 36.4 Å². The van der Waals surface area contributed by atoms with Crippen LogP contribution in [0.15, 0.2) is 65.3 Å². The summed E-state index contributed by atoms with van der Waals surface area (Å²) in [5.74, 6) is -0.368. The van der Waals surface area contributed by atoms with E-state index in [2.05, 4.69) is 10.1 Å². The van der Waals surface area contributed by atoms with Gasteiger partial charge in [0.2, 0.25) is 0 Å². The van der Waals surface area contributed by atoms with Crippen molar-refractivity contribution < 1.29 is 22.4 Å². The molecule has 0 bridgehead atoms. The van der Waals surface area contributed by atoms with Gasteiger partial charge in [0.1, 0.15) is 5.69 Å². The van der Waals surface area contributed by atoms with Crippen molar-refractivity contribution in [1.82, 2.24) is 14.6 Å². The fourth-order valence-corrected chi connectivity index (χ4v) is 2.77. The Bertz CT molecular complexity index is 1140. The molecule has 4 rings (SSSR count). The maximum absolute atomic E-state index is 13.6. The summed E-state index contributed by atoms with van der Waals surface area (Å²) >= 11 is 0. The Morgan fingerprint density at radius 1 is 1.11 bits per heavy atom. The lowest BCUT2D eigenvalue weighted by Gasteiger charge is -2.15. The smallest absolute Gasteiger partial charge is 0.433 e. The molecule has 1 amide bonds. The lowest BCUT2D eigenvalue weighted by Crippen LogP contribution is -2.26. The van der Waals surface area contributed by atoms with Crippen LogP contribution >= 0.6 is 0 Å². The molecule has 0 saturated carbocycles. The molecule has 4 aromatic rings. The van der Waals surface area contributed by atoms with Crippen molar-refractivity contribution >= 4 is 17.2 Å². The maximum atomic E-state index is 13.6. The van der Waals surface area contributed by atoms with Crippen LogP contribution in [0, 0.1) is 0 Å². The van der Waals surface area contributed by atoms with Gasteiger partial charge in [-0.15, -0.1) is 0 Å². The van der Waals surface area contributed by atoms with E-state index in [1.807, 2.05) is 0 Å². The number of aromatic nitrogens is 3. The number of carbonyl (C=O) groups excluding carboxylic acids is 1. The molecule has 3 aromatic heterocycles. The first kappa shape index (κ1) is 17.8. The predicted molar refractivity (Wildman–Crippen MR) is 94.9 cm³/mol. The summed E-state index contributed by atoms with van der Waals surface area (Å²) in [5, 5.41) is 3.86. The highest BCUT2D eigenvalue weighted by molar-refractivity contribution is 6.05. The Kier molecular flexibility index (Phi) is 4.14. The SMILES string of the molecule is CN(C(=O)c1cc2nc(-c3ccco3)cc(C(F)(F)F)n2n1)c1ccccc1. The first-order valence-corrected chi connectivity index (χ1v) is 8.19. The van der Waals surface area contributed by atoms with Gasteiger partial charge in [0.25, 0.3) is 5.91 Å². The molecular formula is C19H13F3N4O2. The zero-order valence-electron chi connectivity index (χ0n) is 14.5. The lowest BCUT2D eigenvalue weighted by atomic mass is 10.2. The number of carbonyl (C=O) groups is 1. The zero-order chi connectivity index (χ0) is 19.9. The molecule has 0 spiro atoms. The number of fused-ring (bicyclic) bond motifs is 1. The first-order chi connectivity index (χ1) is 13.3. The Balaban J connectivity index is 1.83. The molecule has 0 saturated heterocycles. The van der Waals surface area contributed by atoms with Gasteiger partial charge in [0, 0.05) is 18.8 Å². The summed E-state index contributed by atoms with van der Waals surface area (Å²) in [6, 6.07) is 13.8. The van der Waals surface area contributed by atoms with Crippen molar-refractivity contribution in [2.24, 2.45) is 0 Å². The molecule has 0 aliphatic heterocycles. The van der Waals surface area contributed by atoms with Crippen LogP contribution in [-0.2, 0) is 6.18 Å². The number of para-hydroxylation sites is 1. The third-order valence-corrected chi connectivity index (χ3v) is 4.16. The van der Waals surface area contributed by atoms with Crippen molar-refractivity contribution in [1.29, 1.82) is 0 Å². The lowest BCUT2D eigenvalue weighted by molar-refractivity contribution is -0.142. The van der Waals surface area contributed by atoms with E-state index in [0.717, 1.165) is 6.07 Å².